The third-order valence-electron chi connectivity index (χ3n) is 6.00. The Morgan fingerprint density at radius 2 is 1.84 bits per heavy atom. The van der Waals surface area contributed by atoms with E-state index in [0.29, 0.717) is 19.5 Å². The number of aromatic amines is 1. The van der Waals surface area contributed by atoms with Gasteiger partial charge in [0.15, 0.2) is 0 Å². The fraction of sp³-hybridized carbons (Fsp3) is 0.250. The fourth-order valence-corrected chi connectivity index (χ4v) is 5.26. The number of carbonyl (C=O) groups excluding carboxylic acids is 1. The van der Waals surface area contributed by atoms with Crippen molar-refractivity contribution >= 4 is 49.9 Å². The number of nitrogens with zero attached hydrogens (tertiary/aromatic N) is 2. The fourth-order valence-electron chi connectivity index (χ4n) is 4.27. The Morgan fingerprint density at radius 1 is 1.03 bits per heavy atom. The number of H-pyrrole nitrogens is 1. The molecular weight excluding hydrogens is 410 g/mol. The zero-order chi connectivity index (χ0) is 21.4. The summed E-state index contributed by atoms with van der Waals surface area (Å²) in [5, 5.41) is 13.5. The lowest BCUT2D eigenvalue weighted by molar-refractivity contribution is -0.131. The number of hydrogen-bond acceptors (Lipinski definition) is 4. The zero-order valence-electron chi connectivity index (χ0n) is 17.0. The first kappa shape index (κ1) is 19.6. The molecule has 0 unspecified atom stereocenters. The van der Waals surface area contributed by atoms with Gasteiger partial charge in [-0.1, -0.05) is 24.3 Å². The van der Waals surface area contributed by atoms with Crippen molar-refractivity contribution in [2.75, 3.05) is 31.1 Å². The number of aromatic nitrogens is 1. The van der Waals surface area contributed by atoms with Crippen molar-refractivity contribution in [3.63, 3.8) is 0 Å². The molecule has 1 fully saturated rings. The Bertz CT molecular complexity index is 1270. The molecule has 5 rings (SSSR count). The van der Waals surface area contributed by atoms with Crippen LogP contribution in [-0.4, -0.2) is 53.0 Å². The van der Waals surface area contributed by atoms with E-state index in [1.165, 1.54) is 15.6 Å². The van der Waals surface area contributed by atoms with E-state index in [4.69, 9.17) is 5.11 Å². The predicted octanol–water partition coefficient (Wildman–Crippen LogP) is 4.36. The van der Waals surface area contributed by atoms with Crippen LogP contribution >= 0.6 is 11.3 Å². The Morgan fingerprint density at radius 3 is 2.65 bits per heavy atom. The maximum atomic E-state index is 12.8. The first-order valence-corrected chi connectivity index (χ1v) is 11.3. The van der Waals surface area contributed by atoms with Crippen molar-refractivity contribution in [2.24, 2.45) is 0 Å². The van der Waals surface area contributed by atoms with Gasteiger partial charge >= 0.3 is 5.97 Å². The van der Waals surface area contributed by atoms with Crippen LogP contribution in [0.25, 0.3) is 21.0 Å². The van der Waals surface area contributed by atoms with Crippen molar-refractivity contribution in [1.82, 2.24) is 9.88 Å². The van der Waals surface area contributed by atoms with Gasteiger partial charge in [-0.3, -0.25) is 4.79 Å². The van der Waals surface area contributed by atoms with Crippen LogP contribution in [0.1, 0.15) is 22.5 Å². The summed E-state index contributed by atoms with van der Waals surface area (Å²) in [6.07, 6.45) is 1.31. The molecule has 0 aliphatic carbocycles. The largest absolute Gasteiger partial charge is 0.477 e. The highest BCUT2D eigenvalue weighted by atomic mass is 32.1. The van der Waals surface area contributed by atoms with Crippen molar-refractivity contribution in [2.45, 2.75) is 12.8 Å². The maximum absolute atomic E-state index is 12.8. The number of rotatable bonds is 5. The molecule has 6 nitrogen and oxygen atoms in total. The lowest BCUT2D eigenvalue weighted by atomic mass is 10.1. The number of carboxylic acids is 1. The quantitative estimate of drug-likeness (QED) is 0.490. The van der Waals surface area contributed by atoms with Crippen molar-refractivity contribution in [1.29, 1.82) is 0 Å². The smallest absolute Gasteiger partial charge is 0.352 e. The Kier molecular flexibility index (Phi) is 5.11. The van der Waals surface area contributed by atoms with E-state index < -0.39 is 5.97 Å². The van der Waals surface area contributed by atoms with Crippen LogP contribution in [0.2, 0.25) is 0 Å². The number of carboxylic acid groups (broad SMARTS) is 1. The molecule has 0 saturated carbocycles. The highest BCUT2D eigenvalue weighted by Gasteiger charge is 2.22. The third-order valence-corrected chi connectivity index (χ3v) is 7.02. The van der Waals surface area contributed by atoms with Crippen molar-refractivity contribution in [3.05, 3.63) is 65.2 Å². The minimum atomic E-state index is -0.958. The van der Waals surface area contributed by atoms with Crippen LogP contribution < -0.4 is 4.90 Å². The van der Waals surface area contributed by atoms with Crippen LogP contribution in [0.3, 0.4) is 0 Å². The van der Waals surface area contributed by atoms with E-state index >= 15 is 0 Å². The molecule has 2 aromatic heterocycles. The first-order chi connectivity index (χ1) is 15.1. The molecular formula is C24H23N3O3S. The van der Waals surface area contributed by atoms with Crippen LogP contribution in [0.15, 0.2) is 53.9 Å². The minimum absolute atomic E-state index is 0.195. The molecule has 0 atom stereocenters. The van der Waals surface area contributed by atoms with E-state index in [1.807, 2.05) is 35.2 Å². The lowest BCUT2D eigenvalue weighted by Crippen LogP contribution is -2.48. The van der Waals surface area contributed by atoms with E-state index in [-0.39, 0.29) is 11.6 Å². The highest BCUT2D eigenvalue weighted by molar-refractivity contribution is 7.17. The number of piperazine rings is 1. The van der Waals surface area contributed by atoms with Crippen molar-refractivity contribution < 1.29 is 14.7 Å². The van der Waals surface area contributed by atoms with Gasteiger partial charge in [-0.25, -0.2) is 4.79 Å². The second-order valence-electron chi connectivity index (χ2n) is 7.88. The molecule has 158 valence electrons. The number of carbonyl (C=O) groups is 2. The van der Waals surface area contributed by atoms with Crippen LogP contribution in [0, 0.1) is 0 Å². The number of fused-ring (bicyclic) bond motifs is 2. The Labute approximate surface area is 183 Å². The SMILES string of the molecule is O=C(O)c1cc2ccc(N3CCN(C(=O)CCc4csc5ccccc45)CC3)cc2[nH]1. The number of nitrogens with one attached hydrogen (secondary N) is 1. The number of aryl methyl sites for hydroxylation is 1. The molecule has 3 heterocycles. The van der Waals surface area contributed by atoms with E-state index in [1.54, 1.807) is 17.4 Å². The summed E-state index contributed by atoms with van der Waals surface area (Å²) >= 11 is 1.74. The molecule has 7 heteroatoms. The third kappa shape index (κ3) is 3.88. The molecule has 4 aromatic rings. The standard InChI is InChI=1S/C24H23N3O3S/c28-23(8-6-17-15-31-22-4-2-1-3-19(17)22)27-11-9-26(10-12-27)18-7-5-16-13-21(24(29)30)25-20(16)14-18/h1-5,7,13-15,25H,6,8-12H2,(H,29,30). The van der Waals surface area contributed by atoms with E-state index in [0.717, 1.165) is 36.1 Å². The summed E-state index contributed by atoms with van der Waals surface area (Å²) < 4.78 is 1.27. The van der Waals surface area contributed by atoms with Gasteiger partial charge in [0.2, 0.25) is 5.91 Å². The Balaban J connectivity index is 1.19. The van der Waals surface area contributed by atoms with Crippen LogP contribution in [0.4, 0.5) is 5.69 Å². The monoisotopic (exact) mass is 433 g/mol. The Hall–Kier alpha value is -3.32. The van der Waals surface area contributed by atoms with Crippen LogP contribution in [0.5, 0.6) is 0 Å². The van der Waals surface area contributed by atoms with Crippen LogP contribution in [-0.2, 0) is 11.2 Å². The number of benzene rings is 2. The van der Waals surface area contributed by atoms with E-state index in [9.17, 15) is 9.59 Å². The molecule has 31 heavy (non-hydrogen) atoms. The number of thiophene rings is 1. The number of hydrogen-bond donors (Lipinski definition) is 2. The van der Waals surface area contributed by atoms with E-state index in [2.05, 4.69) is 27.4 Å². The summed E-state index contributed by atoms with van der Waals surface area (Å²) in [5.74, 6) is -0.749. The van der Waals surface area contributed by atoms with Gasteiger partial charge in [0, 0.05) is 53.9 Å². The summed E-state index contributed by atoms with van der Waals surface area (Å²) in [6, 6.07) is 15.9. The molecule has 1 amide bonds. The molecule has 2 aromatic carbocycles. The zero-order valence-corrected chi connectivity index (χ0v) is 17.8. The summed E-state index contributed by atoms with van der Waals surface area (Å²) in [4.78, 5) is 31.1. The molecule has 0 radical (unpaired) electrons. The average molecular weight is 434 g/mol. The topological polar surface area (TPSA) is 76.6 Å². The van der Waals surface area contributed by atoms with Gasteiger partial charge < -0.3 is 19.9 Å². The number of anilines is 1. The molecule has 0 bridgehead atoms. The number of aromatic carboxylic acids is 1. The molecule has 1 saturated heterocycles. The second kappa shape index (κ2) is 8.07. The highest BCUT2D eigenvalue weighted by Crippen LogP contribution is 2.27. The van der Waals surface area contributed by atoms with Gasteiger partial charge in [0.05, 0.1) is 0 Å². The minimum Gasteiger partial charge on any atom is -0.477 e. The lowest BCUT2D eigenvalue weighted by Gasteiger charge is -2.36. The van der Waals surface area contributed by atoms with Gasteiger partial charge in [-0.15, -0.1) is 11.3 Å². The first-order valence-electron chi connectivity index (χ1n) is 10.4. The molecule has 2 N–H and O–H groups in total. The van der Waals surface area contributed by atoms with Gasteiger partial charge in [0.25, 0.3) is 0 Å². The van der Waals surface area contributed by atoms with Crippen molar-refractivity contribution in [3.8, 4) is 0 Å². The van der Waals surface area contributed by atoms with Gasteiger partial charge in [-0.2, -0.15) is 0 Å². The summed E-state index contributed by atoms with van der Waals surface area (Å²) in [6.45, 7) is 2.94. The second-order valence-corrected chi connectivity index (χ2v) is 8.80. The predicted molar refractivity (Wildman–Crippen MR) is 124 cm³/mol. The van der Waals surface area contributed by atoms with Gasteiger partial charge in [0.1, 0.15) is 5.69 Å². The molecule has 1 aliphatic heterocycles. The average Bonchev–Trinajstić information content (AvgIpc) is 3.41. The molecule has 1 aliphatic rings. The summed E-state index contributed by atoms with van der Waals surface area (Å²) in [7, 11) is 0. The summed E-state index contributed by atoms with van der Waals surface area (Å²) in [5.41, 5.74) is 3.31. The number of amides is 1. The maximum Gasteiger partial charge on any atom is 0.352 e. The molecule has 0 spiro atoms. The normalized spacial score (nSPS) is 14.5. The van der Waals surface area contributed by atoms with Gasteiger partial charge in [-0.05, 0) is 47.0 Å².